The monoisotopic (exact) mass is 261 g/mol. The van der Waals surface area contributed by atoms with Crippen LogP contribution in [0.4, 0.5) is 0 Å². The Morgan fingerprint density at radius 3 is 2.06 bits per heavy atom. The average Bonchev–Trinajstić information content (AvgIpc) is 2.38. The quantitative estimate of drug-likeness (QED) is 0.852. The second-order valence-electron chi connectivity index (χ2n) is 3.74. The molecular weight excluding hydrogens is 250 g/mol. The third-order valence-corrected chi connectivity index (χ3v) is 3.44. The number of nitrogens with two attached hydrogens (primary N) is 1. The van der Waals surface area contributed by atoms with Crippen LogP contribution in [0.3, 0.4) is 0 Å². The summed E-state index contributed by atoms with van der Waals surface area (Å²) in [6.45, 7) is 0. The van der Waals surface area contributed by atoms with Gasteiger partial charge in [0.25, 0.3) is 0 Å². The molecular formula is C13H11NO3S. The minimum Gasteiger partial charge on any atom is -0.289 e. The van der Waals surface area contributed by atoms with E-state index in [-0.39, 0.29) is 16.2 Å². The first-order valence-electron chi connectivity index (χ1n) is 5.22. The smallest absolute Gasteiger partial charge is 0.238 e. The van der Waals surface area contributed by atoms with Crippen molar-refractivity contribution in [3.63, 3.8) is 0 Å². The molecule has 0 unspecified atom stereocenters. The van der Waals surface area contributed by atoms with Crippen molar-refractivity contribution in [3.05, 3.63) is 65.7 Å². The highest BCUT2D eigenvalue weighted by Gasteiger charge is 2.19. The maximum atomic E-state index is 12.2. The summed E-state index contributed by atoms with van der Waals surface area (Å²) >= 11 is 0. The number of benzene rings is 2. The molecule has 0 aromatic heterocycles. The van der Waals surface area contributed by atoms with Gasteiger partial charge in [-0.2, -0.15) is 0 Å². The Morgan fingerprint density at radius 1 is 0.889 bits per heavy atom. The maximum Gasteiger partial charge on any atom is 0.238 e. The van der Waals surface area contributed by atoms with Crippen LogP contribution in [-0.2, 0) is 10.0 Å². The van der Waals surface area contributed by atoms with Crippen LogP contribution >= 0.6 is 0 Å². The number of carbonyl (C=O) groups is 1. The van der Waals surface area contributed by atoms with E-state index in [1.54, 1.807) is 36.4 Å². The molecule has 0 heterocycles. The SMILES string of the molecule is NS(=O)(=O)c1ccccc1C(=O)c1ccccc1. The first kappa shape index (κ1) is 12.5. The van der Waals surface area contributed by atoms with Crippen molar-refractivity contribution in [2.75, 3.05) is 0 Å². The fourth-order valence-electron chi connectivity index (χ4n) is 1.65. The first-order chi connectivity index (χ1) is 8.50. The summed E-state index contributed by atoms with van der Waals surface area (Å²) in [4.78, 5) is 12.0. The van der Waals surface area contributed by atoms with E-state index in [0.29, 0.717) is 5.56 Å². The topological polar surface area (TPSA) is 77.2 Å². The highest BCUT2D eigenvalue weighted by molar-refractivity contribution is 7.89. The van der Waals surface area contributed by atoms with Crippen LogP contribution in [0.2, 0.25) is 0 Å². The molecule has 0 saturated carbocycles. The zero-order chi connectivity index (χ0) is 13.2. The van der Waals surface area contributed by atoms with Gasteiger partial charge in [0, 0.05) is 11.1 Å². The summed E-state index contributed by atoms with van der Waals surface area (Å²) in [5, 5.41) is 5.09. The van der Waals surface area contributed by atoms with Gasteiger partial charge in [-0.1, -0.05) is 42.5 Å². The molecule has 18 heavy (non-hydrogen) atoms. The molecule has 0 radical (unpaired) electrons. The minimum atomic E-state index is -3.91. The fraction of sp³-hybridized carbons (Fsp3) is 0. The lowest BCUT2D eigenvalue weighted by molar-refractivity contribution is 0.103. The number of primary sulfonamides is 1. The van der Waals surface area contributed by atoms with Gasteiger partial charge < -0.3 is 0 Å². The predicted molar refractivity (Wildman–Crippen MR) is 67.7 cm³/mol. The molecule has 5 heteroatoms. The highest BCUT2D eigenvalue weighted by Crippen LogP contribution is 2.17. The van der Waals surface area contributed by atoms with Crippen molar-refractivity contribution in [1.29, 1.82) is 0 Å². The zero-order valence-corrected chi connectivity index (χ0v) is 10.2. The van der Waals surface area contributed by atoms with Crippen molar-refractivity contribution in [1.82, 2.24) is 0 Å². The lowest BCUT2D eigenvalue weighted by Crippen LogP contribution is -2.17. The molecule has 4 nitrogen and oxygen atoms in total. The van der Waals surface area contributed by atoms with Gasteiger partial charge in [0.2, 0.25) is 10.0 Å². The summed E-state index contributed by atoms with van der Waals surface area (Å²) in [7, 11) is -3.91. The van der Waals surface area contributed by atoms with Crippen molar-refractivity contribution in [3.8, 4) is 0 Å². The summed E-state index contributed by atoms with van der Waals surface area (Å²) in [5.41, 5.74) is 0.514. The van der Waals surface area contributed by atoms with Gasteiger partial charge in [-0.05, 0) is 12.1 Å². The van der Waals surface area contributed by atoms with Crippen molar-refractivity contribution < 1.29 is 13.2 Å². The standard InChI is InChI=1S/C13H11NO3S/c14-18(16,17)12-9-5-4-8-11(12)13(15)10-6-2-1-3-7-10/h1-9H,(H2,14,16,17). The van der Waals surface area contributed by atoms with Gasteiger partial charge in [0.15, 0.2) is 5.78 Å². The van der Waals surface area contributed by atoms with Crippen LogP contribution in [0.25, 0.3) is 0 Å². The Balaban J connectivity index is 2.57. The van der Waals surface area contributed by atoms with Crippen LogP contribution in [-0.4, -0.2) is 14.2 Å². The molecule has 0 atom stereocenters. The second kappa shape index (κ2) is 4.72. The molecule has 0 aliphatic carbocycles. The number of sulfonamides is 1. The third-order valence-electron chi connectivity index (χ3n) is 2.47. The summed E-state index contributed by atoms with van der Waals surface area (Å²) in [5.74, 6) is -0.361. The molecule has 0 aliphatic rings. The Labute approximate surface area is 105 Å². The molecule has 0 spiro atoms. The number of hydrogen-bond acceptors (Lipinski definition) is 3. The van der Waals surface area contributed by atoms with E-state index in [0.717, 1.165) is 0 Å². The van der Waals surface area contributed by atoms with Gasteiger partial charge >= 0.3 is 0 Å². The molecule has 2 N–H and O–H groups in total. The highest BCUT2D eigenvalue weighted by atomic mass is 32.2. The van der Waals surface area contributed by atoms with E-state index in [1.165, 1.54) is 18.2 Å². The zero-order valence-electron chi connectivity index (χ0n) is 9.41. The van der Waals surface area contributed by atoms with E-state index in [9.17, 15) is 13.2 Å². The Hall–Kier alpha value is -1.98. The second-order valence-corrected chi connectivity index (χ2v) is 5.27. The van der Waals surface area contributed by atoms with E-state index < -0.39 is 10.0 Å². The van der Waals surface area contributed by atoms with Crippen molar-refractivity contribution >= 4 is 15.8 Å². The average molecular weight is 261 g/mol. The minimum absolute atomic E-state index is 0.0891. The first-order valence-corrected chi connectivity index (χ1v) is 6.76. The van der Waals surface area contributed by atoms with E-state index in [4.69, 9.17) is 5.14 Å². The molecule has 2 aromatic rings. The summed E-state index contributed by atoms with van der Waals surface area (Å²) in [6, 6.07) is 14.4. The summed E-state index contributed by atoms with van der Waals surface area (Å²) < 4.78 is 22.8. The normalized spacial score (nSPS) is 11.2. The van der Waals surface area contributed by atoms with Crippen molar-refractivity contribution in [2.45, 2.75) is 4.90 Å². The Bertz CT molecular complexity index is 678. The van der Waals surface area contributed by atoms with Gasteiger partial charge in [-0.15, -0.1) is 0 Å². The molecule has 0 aliphatic heterocycles. The fourth-order valence-corrected chi connectivity index (χ4v) is 2.38. The van der Waals surface area contributed by atoms with Gasteiger partial charge in [0.05, 0.1) is 4.90 Å². The molecule has 0 amide bonds. The van der Waals surface area contributed by atoms with Gasteiger partial charge in [-0.25, -0.2) is 13.6 Å². The Kier molecular flexibility index (Phi) is 3.27. The molecule has 92 valence electrons. The molecule has 2 aromatic carbocycles. The number of ketones is 1. The van der Waals surface area contributed by atoms with E-state index in [1.807, 2.05) is 0 Å². The molecule has 0 bridgehead atoms. The van der Waals surface area contributed by atoms with Crippen LogP contribution in [0, 0.1) is 0 Å². The van der Waals surface area contributed by atoms with Crippen LogP contribution in [0.1, 0.15) is 15.9 Å². The van der Waals surface area contributed by atoms with Gasteiger partial charge in [-0.3, -0.25) is 4.79 Å². The van der Waals surface area contributed by atoms with E-state index >= 15 is 0 Å². The molecule has 0 saturated heterocycles. The largest absolute Gasteiger partial charge is 0.289 e. The van der Waals surface area contributed by atoms with Crippen LogP contribution in [0.15, 0.2) is 59.5 Å². The third kappa shape index (κ3) is 2.47. The van der Waals surface area contributed by atoms with Crippen LogP contribution in [0.5, 0.6) is 0 Å². The lowest BCUT2D eigenvalue weighted by atomic mass is 10.0. The van der Waals surface area contributed by atoms with Crippen molar-refractivity contribution in [2.24, 2.45) is 5.14 Å². The maximum absolute atomic E-state index is 12.2. The number of hydrogen-bond donors (Lipinski definition) is 1. The van der Waals surface area contributed by atoms with Gasteiger partial charge in [0.1, 0.15) is 0 Å². The summed E-state index contributed by atoms with van der Waals surface area (Å²) in [6.07, 6.45) is 0. The lowest BCUT2D eigenvalue weighted by Gasteiger charge is -2.06. The van der Waals surface area contributed by atoms with Crippen LogP contribution < -0.4 is 5.14 Å². The molecule has 2 rings (SSSR count). The Morgan fingerprint density at radius 2 is 1.44 bits per heavy atom. The number of carbonyl (C=O) groups excluding carboxylic acids is 1. The predicted octanol–water partition coefficient (Wildman–Crippen LogP) is 1.57. The van der Waals surface area contributed by atoms with E-state index in [2.05, 4.69) is 0 Å². The molecule has 0 fully saturated rings. The number of rotatable bonds is 3.